The molecule has 8 heteroatoms. The number of anilines is 1. The second kappa shape index (κ2) is 5.22. The number of thiophene rings is 1. The largest absolute Gasteiger partial charge is 0.355 e. The van der Waals surface area contributed by atoms with Crippen LogP contribution >= 0.6 is 23.1 Å². The van der Waals surface area contributed by atoms with E-state index in [0.29, 0.717) is 17.3 Å². The predicted octanol–water partition coefficient (Wildman–Crippen LogP) is 3.81. The molecule has 122 valence electrons. The highest BCUT2D eigenvalue weighted by Crippen LogP contribution is 2.49. The van der Waals surface area contributed by atoms with E-state index in [1.807, 2.05) is 23.6 Å². The normalized spacial score (nSPS) is 17.7. The molecule has 1 fully saturated rings. The molecule has 1 N–H and O–H groups in total. The maximum absolute atomic E-state index is 12.8. The first-order valence-electron chi connectivity index (χ1n) is 7.64. The SMILES string of the molecule is O=C(Nc1onc2c1CSC2)C1(c2cc(-c3cccs3)on2)CC1. The van der Waals surface area contributed by atoms with E-state index in [2.05, 4.69) is 15.6 Å². The van der Waals surface area contributed by atoms with Crippen molar-refractivity contribution in [3.63, 3.8) is 0 Å². The zero-order valence-electron chi connectivity index (χ0n) is 12.6. The fourth-order valence-corrected chi connectivity index (χ4v) is 4.63. The Balaban J connectivity index is 1.40. The van der Waals surface area contributed by atoms with Gasteiger partial charge in [0.05, 0.1) is 27.2 Å². The molecule has 6 nitrogen and oxygen atoms in total. The molecule has 3 aromatic heterocycles. The van der Waals surface area contributed by atoms with E-state index in [-0.39, 0.29) is 5.91 Å². The molecule has 24 heavy (non-hydrogen) atoms. The fourth-order valence-electron chi connectivity index (χ4n) is 2.94. The van der Waals surface area contributed by atoms with Gasteiger partial charge in [-0.3, -0.25) is 10.1 Å². The Morgan fingerprint density at radius 2 is 2.17 bits per heavy atom. The van der Waals surface area contributed by atoms with E-state index in [1.54, 1.807) is 23.1 Å². The van der Waals surface area contributed by atoms with Crippen LogP contribution in [0.1, 0.15) is 29.8 Å². The van der Waals surface area contributed by atoms with Gasteiger partial charge in [-0.15, -0.1) is 11.3 Å². The van der Waals surface area contributed by atoms with Crippen LogP contribution in [-0.4, -0.2) is 16.2 Å². The quantitative estimate of drug-likeness (QED) is 0.763. The molecule has 1 aliphatic heterocycles. The topological polar surface area (TPSA) is 81.2 Å². The minimum absolute atomic E-state index is 0.0932. The number of carbonyl (C=O) groups is 1. The van der Waals surface area contributed by atoms with Crippen molar-refractivity contribution in [3.05, 3.63) is 40.5 Å². The molecule has 2 aliphatic rings. The van der Waals surface area contributed by atoms with Crippen molar-refractivity contribution < 1.29 is 13.8 Å². The van der Waals surface area contributed by atoms with Crippen LogP contribution in [0.2, 0.25) is 0 Å². The molecule has 4 heterocycles. The third-order valence-electron chi connectivity index (χ3n) is 4.53. The van der Waals surface area contributed by atoms with Gasteiger partial charge >= 0.3 is 0 Å². The smallest absolute Gasteiger partial charge is 0.239 e. The Bertz CT molecular complexity index is 909. The van der Waals surface area contributed by atoms with Crippen molar-refractivity contribution in [1.82, 2.24) is 10.3 Å². The number of amides is 1. The number of rotatable bonds is 4. The van der Waals surface area contributed by atoms with Gasteiger partial charge in [-0.1, -0.05) is 16.4 Å². The van der Waals surface area contributed by atoms with Gasteiger partial charge in [0.15, 0.2) is 5.76 Å². The summed E-state index contributed by atoms with van der Waals surface area (Å²) in [6.45, 7) is 0. The number of hydrogen-bond donors (Lipinski definition) is 1. The Kier molecular flexibility index (Phi) is 3.11. The third-order valence-corrected chi connectivity index (χ3v) is 6.39. The monoisotopic (exact) mass is 359 g/mol. The molecule has 3 aromatic rings. The molecular weight excluding hydrogens is 346 g/mol. The number of hydrogen-bond acceptors (Lipinski definition) is 7. The summed E-state index contributed by atoms with van der Waals surface area (Å²) >= 11 is 3.36. The van der Waals surface area contributed by atoms with Crippen LogP contribution in [-0.2, 0) is 21.7 Å². The second-order valence-corrected chi connectivity index (χ2v) is 7.95. The average Bonchev–Trinajstić information content (AvgIpc) is 3.11. The van der Waals surface area contributed by atoms with Gasteiger partial charge in [-0.05, 0) is 24.3 Å². The van der Waals surface area contributed by atoms with Crippen LogP contribution < -0.4 is 5.32 Å². The van der Waals surface area contributed by atoms with Crippen LogP contribution in [0.4, 0.5) is 5.88 Å². The van der Waals surface area contributed by atoms with Crippen molar-refractivity contribution in [2.75, 3.05) is 5.32 Å². The molecule has 0 spiro atoms. The molecule has 0 saturated heterocycles. The van der Waals surface area contributed by atoms with E-state index in [9.17, 15) is 4.79 Å². The summed E-state index contributed by atoms with van der Waals surface area (Å²) in [5.74, 6) is 2.76. The minimum atomic E-state index is -0.607. The van der Waals surface area contributed by atoms with Crippen molar-refractivity contribution in [3.8, 4) is 10.6 Å². The first-order valence-corrected chi connectivity index (χ1v) is 9.67. The Morgan fingerprint density at radius 3 is 2.96 bits per heavy atom. The highest BCUT2D eigenvalue weighted by molar-refractivity contribution is 7.98. The van der Waals surface area contributed by atoms with Crippen LogP contribution in [0.3, 0.4) is 0 Å². The first-order chi connectivity index (χ1) is 11.8. The van der Waals surface area contributed by atoms with Gasteiger partial charge in [-0.2, -0.15) is 11.8 Å². The predicted molar refractivity (Wildman–Crippen MR) is 90.9 cm³/mol. The van der Waals surface area contributed by atoms with Gasteiger partial charge in [0.2, 0.25) is 11.8 Å². The number of aromatic nitrogens is 2. The standard InChI is InChI=1S/C16H13N3O3S2/c20-15(17-14-9-7-23-8-10(9)18-22-14)16(3-4-16)13-6-11(21-19-13)12-2-1-5-24-12/h1-2,5-6H,3-4,7-8H2,(H,17,20). The minimum Gasteiger partial charge on any atom is -0.355 e. The third kappa shape index (κ3) is 2.13. The van der Waals surface area contributed by atoms with E-state index in [4.69, 9.17) is 9.05 Å². The van der Waals surface area contributed by atoms with E-state index in [0.717, 1.165) is 40.5 Å². The molecule has 0 bridgehead atoms. The van der Waals surface area contributed by atoms with Crippen LogP contribution in [0.5, 0.6) is 0 Å². The molecular formula is C16H13N3O3S2. The van der Waals surface area contributed by atoms with Crippen LogP contribution in [0.15, 0.2) is 32.6 Å². The van der Waals surface area contributed by atoms with E-state index >= 15 is 0 Å². The molecule has 0 radical (unpaired) electrons. The fraction of sp³-hybridized carbons (Fsp3) is 0.312. The molecule has 1 amide bonds. The van der Waals surface area contributed by atoms with E-state index in [1.165, 1.54) is 0 Å². The number of fused-ring (bicyclic) bond motifs is 1. The zero-order valence-corrected chi connectivity index (χ0v) is 14.2. The molecule has 0 aromatic carbocycles. The molecule has 0 unspecified atom stereocenters. The van der Waals surface area contributed by atoms with Crippen molar-refractivity contribution in [2.45, 2.75) is 29.8 Å². The van der Waals surface area contributed by atoms with Gasteiger partial charge in [0.25, 0.3) is 0 Å². The average molecular weight is 359 g/mol. The highest BCUT2D eigenvalue weighted by atomic mass is 32.2. The molecule has 0 atom stereocenters. The Labute approximate surface area is 145 Å². The summed E-state index contributed by atoms with van der Waals surface area (Å²) in [6.07, 6.45) is 1.53. The lowest BCUT2D eigenvalue weighted by Crippen LogP contribution is -2.28. The molecule has 1 saturated carbocycles. The number of nitrogens with one attached hydrogen (secondary N) is 1. The maximum Gasteiger partial charge on any atom is 0.239 e. The zero-order chi connectivity index (χ0) is 16.1. The van der Waals surface area contributed by atoms with Gasteiger partial charge in [0, 0.05) is 17.6 Å². The van der Waals surface area contributed by atoms with Crippen molar-refractivity contribution in [2.24, 2.45) is 0 Å². The summed E-state index contributed by atoms with van der Waals surface area (Å²) in [5.41, 5.74) is 2.02. The summed E-state index contributed by atoms with van der Waals surface area (Å²) in [6, 6.07) is 5.81. The van der Waals surface area contributed by atoms with Crippen molar-refractivity contribution >= 4 is 34.9 Å². The first kappa shape index (κ1) is 14.3. The summed E-state index contributed by atoms with van der Waals surface area (Å²) in [7, 11) is 0. The summed E-state index contributed by atoms with van der Waals surface area (Å²) in [4.78, 5) is 13.8. The van der Waals surface area contributed by atoms with Crippen LogP contribution in [0.25, 0.3) is 10.6 Å². The number of carbonyl (C=O) groups excluding carboxylic acids is 1. The highest BCUT2D eigenvalue weighted by Gasteiger charge is 2.54. The lowest BCUT2D eigenvalue weighted by molar-refractivity contribution is -0.118. The van der Waals surface area contributed by atoms with Gasteiger partial charge in [-0.25, -0.2) is 0 Å². The van der Waals surface area contributed by atoms with Crippen molar-refractivity contribution in [1.29, 1.82) is 0 Å². The van der Waals surface area contributed by atoms with Crippen LogP contribution in [0, 0.1) is 0 Å². The van der Waals surface area contributed by atoms with E-state index < -0.39 is 5.41 Å². The Morgan fingerprint density at radius 1 is 1.25 bits per heavy atom. The van der Waals surface area contributed by atoms with Gasteiger partial charge < -0.3 is 9.05 Å². The lowest BCUT2D eigenvalue weighted by atomic mass is 10.0. The second-order valence-electron chi connectivity index (χ2n) is 6.02. The Hall–Kier alpha value is -2.06. The summed E-state index contributed by atoms with van der Waals surface area (Å²) < 4.78 is 10.7. The van der Waals surface area contributed by atoms with Gasteiger partial charge in [0.1, 0.15) is 0 Å². The number of nitrogens with zero attached hydrogens (tertiary/aromatic N) is 2. The lowest BCUT2D eigenvalue weighted by Gasteiger charge is -2.10. The summed E-state index contributed by atoms with van der Waals surface area (Å²) in [5, 5.41) is 13.1. The number of thioether (sulfide) groups is 1. The maximum atomic E-state index is 12.8. The molecule has 5 rings (SSSR count). The molecule has 1 aliphatic carbocycles.